The number of rotatable bonds is 6. The Bertz CT molecular complexity index is 1210. The maximum Gasteiger partial charge on any atom is 0.326 e. The average molecular weight is 470 g/mol. The lowest BCUT2D eigenvalue weighted by Crippen LogP contribution is -2.52. The fraction of sp³-hybridized carbons (Fsp3) is 0.458. The van der Waals surface area contributed by atoms with E-state index in [0.29, 0.717) is 17.4 Å². The van der Waals surface area contributed by atoms with Gasteiger partial charge in [-0.3, -0.25) is 9.69 Å². The number of para-hydroxylation sites is 2. The van der Waals surface area contributed by atoms with Gasteiger partial charge in [-0.2, -0.15) is 4.72 Å². The van der Waals surface area contributed by atoms with Gasteiger partial charge >= 0.3 is 5.97 Å². The molecule has 0 radical (unpaired) electrons. The number of benzene rings is 2. The molecule has 5 aliphatic rings. The van der Waals surface area contributed by atoms with Crippen molar-refractivity contribution in [1.82, 2.24) is 9.62 Å². The summed E-state index contributed by atoms with van der Waals surface area (Å²) in [4.78, 5) is 14.9. The summed E-state index contributed by atoms with van der Waals surface area (Å²) >= 11 is 0. The Balaban J connectivity index is 1.31. The number of piperidine rings is 3. The first kappa shape index (κ1) is 20.9. The number of nitrogens with one attached hydrogen (secondary N) is 2. The molecule has 1 aliphatic carbocycles. The fourth-order valence-electron chi connectivity index (χ4n) is 6.06. The standard InChI is InChI=1S/C24H27N3O5S/c28-23(29)24(17-14-32-19-7-3-1-5-16(19)22(17)24)26-33(30,31)20-8-4-2-6-18(20)25-21-13-15-9-11-27(21)12-10-15/h1-8,15,17,21-22,25-26H,9-14H2,(H,28,29)/t17?,21-,22?,24?/m0/s1. The van der Waals surface area contributed by atoms with E-state index in [1.165, 1.54) is 18.9 Å². The van der Waals surface area contributed by atoms with E-state index in [1.54, 1.807) is 24.3 Å². The molecule has 0 spiro atoms. The van der Waals surface area contributed by atoms with Crippen LogP contribution in [0, 0.1) is 11.8 Å². The summed E-state index contributed by atoms with van der Waals surface area (Å²) in [5, 5.41) is 13.6. The number of aliphatic carboxylic acids is 1. The van der Waals surface area contributed by atoms with Gasteiger partial charge in [-0.05, 0) is 43.4 Å². The van der Waals surface area contributed by atoms with E-state index in [-0.39, 0.29) is 17.7 Å². The number of carboxylic acid groups (broad SMARTS) is 1. The molecule has 9 heteroatoms. The molecule has 2 aromatic rings. The number of ether oxygens (including phenoxy) is 1. The predicted molar refractivity (Wildman–Crippen MR) is 122 cm³/mol. The molecule has 4 atom stereocenters. The smallest absolute Gasteiger partial charge is 0.326 e. The van der Waals surface area contributed by atoms with Crippen LogP contribution in [0.4, 0.5) is 5.69 Å². The second-order valence-corrected chi connectivity index (χ2v) is 11.2. The van der Waals surface area contributed by atoms with E-state index >= 15 is 0 Å². The van der Waals surface area contributed by atoms with Gasteiger partial charge in [0.25, 0.3) is 0 Å². The SMILES string of the molecule is O=C(O)C1(NS(=O)(=O)c2ccccc2N[C@@H]2CC3CCN2CC3)C2COc3ccccc3C21. The molecular weight excluding hydrogens is 442 g/mol. The average Bonchev–Trinajstić information content (AvgIpc) is 3.48. The van der Waals surface area contributed by atoms with E-state index in [4.69, 9.17) is 4.74 Å². The van der Waals surface area contributed by atoms with Crippen molar-refractivity contribution < 1.29 is 23.1 Å². The second kappa shape index (κ2) is 7.44. The van der Waals surface area contributed by atoms with Crippen molar-refractivity contribution in [2.45, 2.75) is 41.8 Å². The number of anilines is 1. The topological polar surface area (TPSA) is 108 Å². The highest BCUT2D eigenvalue weighted by Gasteiger charge is 2.74. The van der Waals surface area contributed by atoms with Crippen molar-refractivity contribution in [1.29, 1.82) is 0 Å². The lowest BCUT2D eigenvalue weighted by molar-refractivity contribution is -0.140. The van der Waals surface area contributed by atoms with Crippen molar-refractivity contribution >= 4 is 21.7 Å². The zero-order valence-electron chi connectivity index (χ0n) is 18.1. The third kappa shape index (κ3) is 3.25. The van der Waals surface area contributed by atoms with Crippen molar-refractivity contribution in [2.24, 2.45) is 11.8 Å². The first-order chi connectivity index (χ1) is 15.9. The second-order valence-electron chi connectivity index (χ2n) is 9.58. The fourth-order valence-corrected chi connectivity index (χ4v) is 7.66. The Morgan fingerprint density at radius 1 is 1.09 bits per heavy atom. The van der Waals surface area contributed by atoms with Crippen LogP contribution in [0.25, 0.3) is 0 Å². The highest BCUT2D eigenvalue weighted by Crippen LogP contribution is 2.62. The summed E-state index contributed by atoms with van der Waals surface area (Å²) < 4.78 is 35.5. The van der Waals surface area contributed by atoms with Crippen LogP contribution in [0.5, 0.6) is 5.75 Å². The molecule has 3 saturated heterocycles. The molecule has 2 aromatic carbocycles. The summed E-state index contributed by atoms with van der Waals surface area (Å²) in [6, 6.07) is 14.0. The first-order valence-electron chi connectivity index (χ1n) is 11.5. The zero-order chi connectivity index (χ0) is 22.8. The molecule has 3 N–H and O–H groups in total. The summed E-state index contributed by atoms with van der Waals surface area (Å²) in [7, 11) is -4.12. The Hall–Kier alpha value is -2.62. The van der Waals surface area contributed by atoms with Gasteiger partial charge in [0.2, 0.25) is 10.0 Å². The minimum atomic E-state index is -4.12. The van der Waals surface area contributed by atoms with Crippen molar-refractivity contribution in [2.75, 3.05) is 25.0 Å². The number of carboxylic acids is 1. The van der Waals surface area contributed by atoms with E-state index in [0.717, 1.165) is 25.1 Å². The summed E-state index contributed by atoms with van der Waals surface area (Å²) in [6.07, 6.45) is 3.45. The molecular formula is C24H27N3O5S. The minimum absolute atomic E-state index is 0.0751. The molecule has 33 heavy (non-hydrogen) atoms. The lowest BCUT2D eigenvalue weighted by atomic mass is 9.86. The largest absolute Gasteiger partial charge is 0.493 e. The molecule has 7 rings (SSSR count). The van der Waals surface area contributed by atoms with Gasteiger partial charge in [0.1, 0.15) is 16.2 Å². The van der Waals surface area contributed by atoms with Crippen LogP contribution in [-0.4, -0.2) is 55.8 Å². The maximum atomic E-state index is 13.6. The molecule has 4 aliphatic heterocycles. The highest BCUT2D eigenvalue weighted by molar-refractivity contribution is 7.89. The number of sulfonamides is 1. The number of hydrogen-bond donors (Lipinski definition) is 3. The number of carbonyl (C=O) groups is 1. The number of nitrogens with zero attached hydrogens (tertiary/aromatic N) is 1. The van der Waals surface area contributed by atoms with Gasteiger partial charge < -0.3 is 15.2 Å². The van der Waals surface area contributed by atoms with Gasteiger partial charge in [-0.15, -0.1) is 0 Å². The van der Waals surface area contributed by atoms with E-state index in [1.807, 2.05) is 18.2 Å². The highest BCUT2D eigenvalue weighted by atomic mass is 32.2. The monoisotopic (exact) mass is 469 g/mol. The van der Waals surface area contributed by atoms with E-state index in [9.17, 15) is 18.3 Å². The van der Waals surface area contributed by atoms with Crippen LogP contribution in [0.1, 0.15) is 30.7 Å². The van der Waals surface area contributed by atoms with Crippen molar-refractivity contribution in [3.8, 4) is 5.75 Å². The number of hydrogen-bond acceptors (Lipinski definition) is 6. The van der Waals surface area contributed by atoms with Crippen LogP contribution in [-0.2, 0) is 14.8 Å². The van der Waals surface area contributed by atoms with Gasteiger partial charge in [0.15, 0.2) is 0 Å². The summed E-state index contributed by atoms with van der Waals surface area (Å²) in [5.74, 6) is -0.818. The Labute approximate surface area is 193 Å². The Morgan fingerprint density at radius 2 is 1.82 bits per heavy atom. The molecule has 4 heterocycles. The Kier molecular flexibility index (Phi) is 4.73. The molecule has 2 bridgehead atoms. The molecule has 174 valence electrons. The minimum Gasteiger partial charge on any atom is -0.493 e. The van der Waals surface area contributed by atoms with Crippen LogP contribution in [0.15, 0.2) is 53.4 Å². The van der Waals surface area contributed by atoms with Crippen LogP contribution in [0.3, 0.4) is 0 Å². The van der Waals surface area contributed by atoms with Crippen molar-refractivity contribution in [3.05, 3.63) is 54.1 Å². The molecule has 0 aromatic heterocycles. The lowest BCUT2D eigenvalue weighted by Gasteiger charge is -2.46. The molecule has 4 fully saturated rings. The zero-order valence-corrected chi connectivity index (χ0v) is 18.9. The normalized spacial score (nSPS) is 34.0. The van der Waals surface area contributed by atoms with Crippen LogP contribution >= 0.6 is 0 Å². The summed E-state index contributed by atoms with van der Waals surface area (Å²) in [5.41, 5.74) is -0.383. The molecule has 3 unspecified atom stereocenters. The maximum absolute atomic E-state index is 13.6. The van der Waals surface area contributed by atoms with Crippen molar-refractivity contribution in [3.63, 3.8) is 0 Å². The quantitative estimate of drug-likeness (QED) is 0.596. The first-order valence-corrected chi connectivity index (χ1v) is 13.0. The third-order valence-corrected chi connectivity index (χ3v) is 9.38. The predicted octanol–water partition coefficient (Wildman–Crippen LogP) is 2.45. The van der Waals surface area contributed by atoms with E-state index < -0.39 is 33.4 Å². The molecule has 8 nitrogen and oxygen atoms in total. The van der Waals surface area contributed by atoms with Gasteiger partial charge in [-0.25, -0.2) is 8.42 Å². The van der Waals surface area contributed by atoms with Gasteiger partial charge in [0.05, 0.1) is 18.5 Å². The summed E-state index contributed by atoms with van der Waals surface area (Å²) in [6.45, 7) is 2.19. The van der Waals surface area contributed by atoms with Gasteiger partial charge in [0, 0.05) is 30.5 Å². The van der Waals surface area contributed by atoms with Crippen LogP contribution < -0.4 is 14.8 Å². The third-order valence-electron chi connectivity index (χ3n) is 7.84. The Morgan fingerprint density at radius 3 is 2.55 bits per heavy atom. The molecule has 0 amide bonds. The van der Waals surface area contributed by atoms with E-state index in [2.05, 4.69) is 14.9 Å². The number of fused-ring (bicyclic) bond motifs is 6. The molecule has 1 saturated carbocycles. The van der Waals surface area contributed by atoms with Gasteiger partial charge in [-0.1, -0.05) is 30.3 Å². The van der Waals surface area contributed by atoms with Crippen LogP contribution in [0.2, 0.25) is 0 Å².